The summed E-state index contributed by atoms with van der Waals surface area (Å²) in [7, 11) is -3.85. The fourth-order valence-electron chi connectivity index (χ4n) is 4.77. The molecule has 0 aromatic heterocycles. The first kappa shape index (κ1) is 26.6. The summed E-state index contributed by atoms with van der Waals surface area (Å²) in [4.78, 5) is 28.3. The van der Waals surface area contributed by atoms with Crippen molar-refractivity contribution in [1.29, 1.82) is 0 Å². The monoisotopic (exact) mass is 493 g/mol. The van der Waals surface area contributed by atoms with Crippen LogP contribution in [0.25, 0.3) is 0 Å². The zero-order valence-corrected chi connectivity index (χ0v) is 21.4. The smallest absolute Gasteiger partial charge is 0.243 e. The van der Waals surface area contributed by atoms with Crippen LogP contribution in [0.5, 0.6) is 0 Å². The lowest BCUT2D eigenvalue weighted by atomic mass is 9.94. The number of amides is 2. The Morgan fingerprint density at radius 2 is 1.74 bits per heavy atom. The van der Waals surface area contributed by atoms with E-state index in [1.807, 2.05) is 20.8 Å². The Hall–Kier alpha value is -1.97. The number of nitrogens with zero attached hydrogens (tertiary/aromatic N) is 1. The van der Waals surface area contributed by atoms with Crippen molar-refractivity contribution in [2.24, 2.45) is 5.92 Å². The summed E-state index contributed by atoms with van der Waals surface area (Å²) < 4.78 is 33.6. The van der Waals surface area contributed by atoms with Gasteiger partial charge in [0.25, 0.3) is 0 Å². The van der Waals surface area contributed by atoms with Crippen molar-refractivity contribution < 1.29 is 22.7 Å². The molecule has 1 saturated carbocycles. The zero-order valence-electron chi connectivity index (χ0n) is 20.6. The summed E-state index contributed by atoms with van der Waals surface area (Å²) in [5.74, 6) is -0.735. The molecule has 1 aromatic rings. The molecule has 34 heavy (non-hydrogen) atoms. The van der Waals surface area contributed by atoms with Gasteiger partial charge in [0.2, 0.25) is 21.8 Å². The first-order valence-electron chi connectivity index (χ1n) is 12.4. The van der Waals surface area contributed by atoms with Gasteiger partial charge in [0.15, 0.2) is 0 Å². The maximum Gasteiger partial charge on any atom is 0.243 e. The Balaban J connectivity index is 1.74. The summed E-state index contributed by atoms with van der Waals surface area (Å²) in [5.41, 5.74) is 0.946. The van der Waals surface area contributed by atoms with Crippen LogP contribution < -0.4 is 10.0 Å². The Morgan fingerprint density at radius 3 is 2.32 bits per heavy atom. The van der Waals surface area contributed by atoms with E-state index in [1.54, 1.807) is 12.1 Å². The summed E-state index contributed by atoms with van der Waals surface area (Å²) in [6.07, 6.45) is 6.85. The van der Waals surface area contributed by atoms with Crippen molar-refractivity contribution in [3.05, 3.63) is 29.8 Å². The van der Waals surface area contributed by atoms with Gasteiger partial charge >= 0.3 is 0 Å². The molecular formula is C25H39N3O5S. The second-order valence-corrected chi connectivity index (χ2v) is 11.6. The SMILES string of the molecule is Cc1ccc(S(=O)(=O)NCC(=O)N(C[C@H]2CCCO2)[C@@H](C(=O)NC2CCCCC2)C(C)C)cc1. The zero-order chi connectivity index (χ0) is 24.7. The molecule has 1 heterocycles. The molecule has 2 atom stereocenters. The quantitative estimate of drug-likeness (QED) is 0.522. The van der Waals surface area contributed by atoms with Crippen LogP contribution in [-0.4, -0.2) is 63.0 Å². The Morgan fingerprint density at radius 1 is 1.06 bits per heavy atom. The van der Waals surface area contributed by atoms with Gasteiger partial charge in [0, 0.05) is 19.2 Å². The molecule has 2 amide bonds. The average molecular weight is 494 g/mol. The first-order chi connectivity index (χ1) is 16.2. The molecule has 0 unspecified atom stereocenters. The van der Waals surface area contributed by atoms with Crippen LogP contribution >= 0.6 is 0 Å². The van der Waals surface area contributed by atoms with Crippen LogP contribution in [0.15, 0.2) is 29.2 Å². The van der Waals surface area contributed by atoms with Crippen LogP contribution in [0.2, 0.25) is 0 Å². The Bertz CT molecular complexity index is 920. The highest BCUT2D eigenvalue weighted by Crippen LogP contribution is 2.21. The lowest BCUT2D eigenvalue weighted by Gasteiger charge is -2.36. The van der Waals surface area contributed by atoms with Crippen LogP contribution in [0.4, 0.5) is 0 Å². The van der Waals surface area contributed by atoms with Gasteiger partial charge in [-0.05, 0) is 50.7 Å². The molecule has 2 N–H and O–H groups in total. The molecule has 1 saturated heterocycles. The summed E-state index contributed by atoms with van der Waals surface area (Å²) >= 11 is 0. The number of carbonyl (C=O) groups excluding carboxylic acids is 2. The molecule has 2 aliphatic rings. The molecular weight excluding hydrogens is 454 g/mol. The largest absolute Gasteiger partial charge is 0.376 e. The van der Waals surface area contributed by atoms with Gasteiger partial charge in [-0.3, -0.25) is 9.59 Å². The van der Waals surface area contributed by atoms with Crippen molar-refractivity contribution in [2.45, 2.75) is 88.8 Å². The number of rotatable bonds is 10. The van der Waals surface area contributed by atoms with E-state index in [0.29, 0.717) is 6.61 Å². The highest BCUT2D eigenvalue weighted by Gasteiger charge is 2.36. The van der Waals surface area contributed by atoms with Crippen LogP contribution in [0.1, 0.15) is 64.4 Å². The number of hydrogen-bond acceptors (Lipinski definition) is 5. The lowest BCUT2D eigenvalue weighted by Crippen LogP contribution is -2.57. The second kappa shape index (κ2) is 12.1. The molecule has 1 aliphatic heterocycles. The molecule has 1 aliphatic carbocycles. The van der Waals surface area contributed by atoms with Crippen molar-refractivity contribution in [1.82, 2.24) is 14.9 Å². The fraction of sp³-hybridized carbons (Fsp3) is 0.680. The van der Waals surface area contributed by atoms with Gasteiger partial charge in [-0.25, -0.2) is 13.1 Å². The second-order valence-electron chi connectivity index (χ2n) is 9.85. The lowest BCUT2D eigenvalue weighted by molar-refractivity contribution is -0.143. The van der Waals surface area contributed by atoms with Crippen LogP contribution in [-0.2, 0) is 24.3 Å². The third-order valence-electron chi connectivity index (χ3n) is 6.68. The van der Waals surface area contributed by atoms with Gasteiger partial charge in [-0.15, -0.1) is 0 Å². The van der Waals surface area contributed by atoms with Crippen LogP contribution in [0.3, 0.4) is 0 Å². The number of benzene rings is 1. The maximum absolute atomic E-state index is 13.4. The number of ether oxygens (including phenoxy) is 1. The van der Waals surface area contributed by atoms with E-state index in [2.05, 4.69) is 10.0 Å². The van der Waals surface area contributed by atoms with Crippen molar-refractivity contribution in [3.63, 3.8) is 0 Å². The van der Waals surface area contributed by atoms with E-state index in [0.717, 1.165) is 44.1 Å². The standard InChI is InChI=1S/C25H39N3O5S/c1-18(2)24(25(30)27-20-8-5-4-6-9-20)28(17-21-10-7-15-33-21)23(29)16-26-34(31,32)22-13-11-19(3)12-14-22/h11-14,18,20-21,24,26H,4-10,15-17H2,1-3H3,(H,27,30)/t21-,24-/m1/s1. The van der Waals surface area contributed by atoms with Gasteiger partial charge < -0.3 is 15.0 Å². The summed E-state index contributed by atoms with van der Waals surface area (Å²) in [5, 5.41) is 3.15. The Kier molecular flexibility index (Phi) is 9.50. The summed E-state index contributed by atoms with van der Waals surface area (Å²) in [6, 6.07) is 5.89. The topological polar surface area (TPSA) is 105 Å². The van der Waals surface area contributed by atoms with E-state index >= 15 is 0 Å². The number of hydrogen-bond donors (Lipinski definition) is 2. The normalized spacial score (nSPS) is 20.3. The number of nitrogens with one attached hydrogen (secondary N) is 2. The van der Waals surface area contributed by atoms with Gasteiger partial charge in [-0.2, -0.15) is 0 Å². The number of sulfonamides is 1. The van der Waals surface area contributed by atoms with Gasteiger partial charge in [0.1, 0.15) is 6.04 Å². The minimum absolute atomic E-state index is 0.104. The highest BCUT2D eigenvalue weighted by molar-refractivity contribution is 7.89. The van der Waals surface area contributed by atoms with Gasteiger partial charge in [0.05, 0.1) is 17.5 Å². The maximum atomic E-state index is 13.4. The molecule has 8 nitrogen and oxygen atoms in total. The predicted octanol–water partition coefficient (Wildman–Crippen LogP) is 2.75. The third-order valence-corrected chi connectivity index (χ3v) is 8.09. The Labute approximate surface area is 203 Å². The molecule has 0 radical (unpaired) electrons. The molecule has 1 aromatic carbocycles. The molecule has 3 rings (SSSR count). The van der Waals surface area contributed by atoms with E-state index in [-0.39, 0.29) is 35.4 Å². The summed E-state index contributed by atoms with van der Waals surface area (Å²) in [6.45, 7) is 6.19. The van der Waals surface area contributed by atoms with Crippen molar-refractivity contribution >= 4 is 21.8 Å². The number of carbonyl (C=O) groups is 2. The van der Waals surface area contributed by atoms with Gasteiger partial charge in [-0.1, -0.05) is 50.8 Å². The van der Waals surface area contributed by atoms with Crippen molar-refractivity contribution in [2.75, 3.05) is 19.7 Å². The average Bonchev–Trinajstić information content (AvgIpc) is 3.31. The third kappa shape index (κ3) is 7.26. The van der Waals surface area contributed by atoms with Crippen molar-refractivity contribution in [3.8, 4) is 0 Å². The van der Waals surface area contributed by atoms with E-state index in [4.69, 9.17) is 4.74 Å². The molecule has 190 valence electrons. The van der Waals surface area contributed by atoms with Crippen LogP contribution in [0, 0.1) is 12.8 Å². The minimum atomic E-state index is -3.85. The first-order valence-corrected chi connectivity index (χ1v) is 13.9. The molecule has 0 bridgehead atoms. The van der Waals surface area contributed by atoms with E-state index in [1.165, 1.54) is 23.5 Å². The number of aryl methyl sites for hydroxylation is 1. The molecule has 0 spiro atoms. The highest BCUT2D eigenvalue weighted by atomic mass is 32.2. The molecule has 2 fully saturated rings. The minimum Gasteiger partial charge on any atom is -0.376 e. The van der Waals surface area contributed by atoms with E-state index < -0.39 is 28.5 Å². The molecule has 9 heteroatoms. The predicted molar refractivity (Wildman–Crippen MR) is 131 cm³/mol. The fourth-order valence-corrected chi connectivity index (χ4v) is 5.75. The van der Waals surface area contributed by atoms with E-state index in [9.17, 15) is 18.0 Å².